The van der Waals surface area contributed by atoms with E-state index in [1.54, 1.807) is 12.1 Å². The Bertz CT molecular complexity index is 1440. The number of aromatic amines is 1. The van der Waals surface area contributed by atoms with Gasteiger partial charge in [-0.3, -0.25) is 9.89 Å². The van der Waals surface area contributed by atoms with Crippen LogP contribution in [0.2, 0.25) is 0 Å². The first-order valence-corrected chi connectivity index (χ1v) is 11.0. The lowest BCUT2D eigenvalue weighted by Crippen LogP contribution is -2.14. The third kappa shape index (κ3) is 3.41. The summed E-state index contributed by atoms with van der Waals surface area (Å²) in [6.45, 7) is 1.87. The van der Waals surface area contributed by atoms with E-state index < -0.39 is 21.5 Å². The maximum Gasteiger partial charge on any atom is 0.273 e. The molecule has 0 atom stereocenters. The Labute approximate surface area is 170 Å². The lowest BCUT2D eigenvalue weighted by molar-refractivity contribution is 0.509. The molecule has 0 amide bonds. The zero-order valence-electron chi connectivity index (χ0n) is 16.1. The highest BCUT2D eigenvalue weighted by molar-refractivity contribution is 7.90. The van der Waals surface area contributed by atoms with Crippen molar-refractivity contribution >= 4 is 15.5 Å². The molecule has 0 aliphatic carbocycles. The van der Waals surface area contributed by atoms with Crippen LogP contribution in [-0.4, -0.2) is 29.3 Å². The standard InChI is InChI=1S/C21H17F2N3O3S/c1-3-17-20(13-6-9-15(22)16(23)10-13)21-24-18(11-19(27)26(21)25-17)12-4-7-14(8-5-12)30(2,28)29/h4-11,25H,3H2,1-2H3. The minimum absolute atomic E-state index is 0.154. The molecule has 0 aliphatic heterocycles. The predicted octanol–water partition coefficient (Wildman–Crippen LogP) is 3.60. The van der Waals surface area contributed by atoms with Crippen LogP contribution in [0.5, 0.6) is 0 Å². The SMILES string of the molecule is CCc1[nH]n2c(=O)cc(-c3ccc(S(C)(=O)=O)cc3)nc2c1-c1ccc(F)c(F)c1. The fourth-order valence-electron chi connectivity index (χ4n) is 3.32. The van der Waals surface area contributed by atoms with E-state index in [0.29, 0.717) is 34.5 Å². The summed E-state index contributed by atoms with van der Waals surface area (Å²) in [5.74, 6) is -1.96. The molecule has 30 heavy (non-hydrogen) atoms. The number of aromatic nitrogens is 3. The molecule has 2 aromatic carbocycles. The van der Waals surface area contributed by atoms with Crippen LogP contribution < -0.4 is 5.56 Å². The van der Waals surface area contributed by atoms with E-state index in [1.165, 1.54) is 28.8 Å². The third-order valence-electron chi connectivity index (χ3n) is 4.83. The van der Waals surface area contributed by atoms with Gasteiger partial charge in [0.25, 0.3) is 5.56 Å². The van der Waals surface area contributed by atoms with Gasteiger partial charge in [0.2, 0.25) is 0 Å². The highest BCUT2D eigenvalue weighted by Crippen LogP contribution is 2.30. The smallest absolute Gasteiger partial charge is 0.273 e. The van der Waals surface area contributed by atoms with Gasteiger partial charge in [-0.2, -0.15) is 0 Å². The highest BCUT2D eigenvalue weighted by atomic mass is 32.2. The lowest BCUT2D eigenvalue weighted by Gasteiger charge is -2.05. The molecular formula is C21H17F2N3O3S. The van der Waals surface area contributed by atoms with Gasteiger partial charge >= 0.3 is 0 Å². The summed E-state index contributed by atoms with van der Waals surface area (Å²) in [4.78, 5) is 17.4. The number of H-pyrrole nitrogens is 1. The number of hydrogen-bond donors (Lipinski definition) is 1. The van der Waals surface area contributed by atoms with E-state index in [-0.39, 0.29) is 16.1 Å². The number of benzene rings is 2. The minimum Gasteiger partial charge on any atom is -0.293 e. The van der Waals surface area contributed by atoms with Gasteiger partial charge < -0.3 is 0 Å². The molecule has 0 radical (unpaired) electrons. The summed E-state index contributed by atoms with van der Waals surface area (Å²) in [6, 6.07) is 10.9. The van der Waals surface area contributed by atoms with Crippen LogP contribution in [-0.2, 0) is 16.3 Å². The maximum atomic E-state index is 13.8. The van der Waals surface area contributed by atoms with E-state index in [2.05, 4.69) is 10.1 Å². The molecule has 6 nitrogen and oxygen atoms in total. The van der Waals surface area contributed by atoms with E-state index in [4.69, 9.17) is 0 Å². The first kappa shape index (κ1) is 20.0. The second-order valence-electron chi connectivity index (χ2n) is 6.88. The van der Waals surface area contributed by atoms with Crippen LogP contribution in [0.4, 0.5) is 8.78 Å². The normalized spacial score (nSPS) is 11.9. The van der Waals surface area contributed by atoms with E-state index in [9.17, 15) is 22.0 Å². The monoisotopic (exact) mass is 429 g/mol. The number of fused-ring (bicyclic) bond motifs is 1. The average Bonchev–Trinajstić information content (AvgIpc) is 3.09. The van der Waals surface area contributed by atoms with Gasteiger partial charge in [0.05, 0.1) is 10.6 Å². The van der Waals surface area contributed by atoms with Crippen molar-refractivity contribution in [3.05, 3.63) is 76.2 Å². The predicted molar refractivity (Wildman–Crippen MR) is 109 cm³/mol. The van der Waals surface area contributed by atoms with E-state index in [1.807, 2.05) is 6.92 Å². The molecule has 154 valence electrons. The molecular weight excluding hydrogens is 412 g/mol. The van der Waals surface area contributed by atoms with Crippen molar-refractivity contribution in [2.45, 2.75) is 18.2 Å². The van der Waals surface area contributed by atoms with E-state index in [0.717, 1.165) is 18.4 Å². The first-order chi connectivity index (χ1) is 14.2. The Balaban J connectivity index is 1.95. The van der Waals surface area contributed by atoms with Crippen molar-refractivity contribution in [1.82, 2.24) is 14.6 Å². The van der Waals surface area contributed by atoms with Crippen molar-refractivity contribution in [3.8, 4) is 22.4 Å². The number of halogens is 2. The quantitative estimate of drug-likeness (QED) is 0.537. The topological polar surface area (TPSA) is 84.3 Å². The van der Waals surface area contributed by atoms with Crippen LogP contribution >= 0.6 is 0 Å². The van der Waals surface area contributed by atoms with Gasteiger partial charge in [-0.25, -0.2) is 26.7 Å². The third-order valence-corrected chi connectivity index (χ3v) is 5.96. The van der Waals surface area contributed by atoms with Crippen LogP contribution in [0.25, 0.3) is 28.0 Å². The number of rotatable bonds is 4. The van der Waals surface area contributed by atoms with Gasteiger partial charge in [-0.15, -0.1) is 0 Å². The van der Waals surface area contributed by atoms with Gasteiger partial charge in [0, 0.05) is 29.1 Å². The van der Waals surface area contributed by atoms with Gasteiger partial charge in [0.15, 0.2) is 27.1 Å². The van der Waals surface area contributed by atoms with Crippen molar-refractivity contribution in [1.29, 1.82) is 0 Å². The second-order valence-corrected chi connectivity index (χ2v) is 8.90. The Hall–Kier alpha value is -3.33. The molecule has 9 heteroatoms. The van der Waals surface area contributed by atoms with Crippen LogP contribution in [0, 0.1) is 11.6 Å². The summed E-state index contributed by atoms with van der Waals surface area (Å²) < 4.78 is 51.8. The fraction of sp³-hybridized carbons (Fsp3) is 0.143. The molecule has 0 unspecified atom stereocenters. The van der Waals surface area contributed by atoms with Gasteiger partial charge in [-0.05, 0) is 36.2 Å². The number of hydrogen-bond acceptors (Lipinski definition) is 4. The Morgan fingerprint density at radius 3 is 2.27 bits per heavy atom. The fourth-order valence-corrected chi connectivity index (χ4v) is 3.95. The number of nitrogens with one attached hydrogen (secondary N) is 1. The molecule has 0 fully saturated rings. The van der Waals surface area contributed by atoms with Crippen molar-refractivity contribution in [2.75, 3.05) is 6.26 Å². The summed E-state index contributed by atoms with van der Waals surface area (Å²) in [6.07, 6.45) is 1.62. The molecule has 2 heterocycles. The van der Waals surface area contributed by atoms with Crippen LogP contribution in [0.15, 0.2) is 58.2 Å². The second kappa shape index (κ2) is 7.17. The zero-order chi connectivity index (χ0) is 21.6. The summed E-state index contributed by atoms with van der Waals surface area (Å²) in [5, 5.41) is 2.97. The van der Waals surface area contributed by atoms with Crippen LogP contribution in [0.3, 0.4) is 0 Å². The Morgan fingerprint density at radius 2 is 1.67 bits per heavy atom. The Morgan fingerprint density at radius 1 is 1.00 bits per heavy atom. The van der Waals surface area contributed by atoms with Crippen molar-refractivity contribution in [3.63, 3.8) is 0 Å². The molecule has 4 rings (SSSR count). The van der Waals surface area contributed by atoms with E-state index >= 15 is 0 Å². The maximum absolute atomic E-state index is 13.8. The molecule has 2 aromatic heterocycles. The molecule has 1 N–H and O–H groups in total. The average molecular weight is 429 g/mol. The van der Waals surface area contributed by atoms with Crippen LogP contribution in [0.1, 0.15) is 12.6 Å². The molecule has 4 aromatic rings. The number of aryl methyl sites for hydroxylation is 1. The first-order valence-electron chi connectivity index (χ1n) is 9.09. The lowest BCUT2D eigenvalue weighted by atomic mass is 10.0. The van der Waals surface area contributed by atoms with Gasteiger partial charge in [-0.1, -0.05) is 25.1 Å². The molecule has 0 spiro atoms. The van der Waals surface area contributed by atoms with Crippen molar-refractivity contribution < 1.29 is 17.2 Å². The minimum atomic E-state index is -3.35. The zero-order valence-corrected chi connectivity index (χ0v) is 16.9. The number of sulfone groups is 1. The Kier molecular flexibility index (Phi) is 4.77. The van der Waals surface area contributed by atoms with Crippen molar-refractivity contribution in [2.24, 2.45) is 0 Å². The summed E-state index contributed by atoms with van der Waals surface area (Å²) in [5.41, 5.74) is 2.32. The summed E-state index contributed by atoms with van der Waals surface area (Å²) >= 11 is 0. The molecule has 0 aliphatic rings. The summed E-state index contributed by atoms with van der Waals surface area (Å²) in [7, 11) is -3.35. The largest absolute Gasteiger partial charge is 0.293 e. The molecule has 0 saturated carbocycles. The highest BCUT2D eigenvalue weighted by Gasteiger charge is 2.18. The molecule has 0 saturated heterocycles. The number of nitrogens with zero attached hydrogens (tertiary/aromatic N) is 2. The molecule has 0 bridgehead atoms. The van der Waals surface area contributed by atoms with Gasteiger partial charge in [0.1, 0.15) is 0 Å².